The van der Waals surface area contributed by atoms with E-state index in [1.165, 1.54) is 7.11 Å². The van der Waals surface area contributed by atoms with Crippen molar-refractivity contribution in [3.63, 3.8) is 0 Å². The zero-order valence-electron chi connectivity index (χ0n) is 9.46. The molecule has 0 aliphatic rings. The molecule has 86 valence electrons. The maximum absolute atomic E-state index is 11.9. The number of methoxy groups -OCH3 is 1. The second kappa shape index (κ2) is 5.21. The Morgan fingerprint density at radius 2 is 1.88 bits per heavy atom. The van der Waals surface area contributed by atoms with Crippen LogP contribution in [-0.4, -0.2) is 23.1 Å². The van der Waals surface area contributed by atoms with Gasteiger partial charge in [0.25, 0.3) is 0 Å². The molecule has 0 atom stereocenters. The van der Waals surface area contributed by atoms with Crippen LogP contribution in [0.3, 0.4) is 0 Å². The molecule has 0 saturated carbocycles. The Morgan fingerprint density at radius 1 is 1.12 bits per heavy atom. The van der Waals surface area contributed by atoms with Crippen molar-refractivity contribution in [2.75, 3.05) is 7.11 Å². The molecule has 1 aromatic heterocycles. The van der Waals surface area contributed by atoms with Crippen molar-refractivity contribution in [1.29, 1.82) is 0 Å². The predicted octanol–water partition coefficient (Wildman–Crippen LogP) is 1.91. The summed E-state index contributed by atoms with van der Waals surface area (Å²) in [7, 11) is 1.53. The lowest BCUT2D eigenvalue weighted by atomic mass is 10.1. The first-order valence-electron chi connectivity index (χ1n) is 5.24. The number of rotatable bonds is 4. The molecule has 17 heavy (non-hydrogen) atoms. The number of carbonyl (C=O) groups excluding carboxylic acids is 1. The molecular formula is C13H12N2O2. The van der Waals surface area contributed by atoms with Crippen molar-refractivity contribution in [3.8, 4) is 5.88 Å². The highest BCUT2D eigenvalue weighted by Gasteiger charge is 2.07. The van der Waals surface area contributed by atoms with Gasteiger partial charge in [-0.3, -0.25) is 4.79 Å². The summed E-state index contributed by atoms with van der Waals surface area (Å²) in [5.74, 6) is 0.478. The lowest BCUT2D eigenvalue weighted by molar-refractivity contribution is 0.0991. The van der Waals surface area contributed by atoms with E-state index in [2.05, 4.69) is 10.2 Å². The maximum atomic E-state index is 11.9. The van der Waals surface area contributed by atoms with E-state index in [4.69, 9.17) is 4.74 Å². The Labute approximate surface area is 99.3 Å². The van der Waals surface area contributed by atoms with E-state index in [-0.39, 0.29) is 12.2 Å². The molecule has 0 fully saturated rings. The number of Topliss-reactive ketones (excluding diaryl/α,β-unsaturated/α-hetero) is 1. The van der Waals surface area contributed by atoms with Gasteiger partial charge in [0.05, 0.1) is 19.2 Å². The molecule has 0 bridgehead atoms. The molecule has 0 unspecified atom stereocenters. The molecule has 4 nitrogen and oxygen atoms in total. The fourth-order valence-corrected chi connectivity index (χ4v) is 1.44. The predicted molar refractivity (Wildman–Crippen MR) is 63.1 cm³/mol. The van der Waals surface area contributed by atoms with Crippen LogP contribution in [0.25, 0.3) is 0 Å². The van der Waals surface area contributed by atoms with E-state index < -0.39 is 0 Å². The van der Waals surface area contributed by atoms with Gasteiger partial charge in [0.2, 0.25) is 5.88 Å². The van der Waals surface area contributed by atoms with Crippen molar-refractivity contribution >= 4 is 5.78 Å². The molecule has 0 saturated heterocycles. The lowest BCUT2D eigenvalue weighted by Crippen LogP contribution is -2.05. The first-order chi connectivity index (χ1) is 8.29. The average Bonchev–Trinajstić information content (AvgIpc) is 2.40. The van der Waals surface area contributed by atoms with Crippen molar-refractivity contribution in [3.05, 3.63) is 53.7 Å². The van der Waals surface area contributed by atoms with Crippen LogP contribution in [0.2, 0.25) is 0 Å². The van der Waals surface area contributed by atoms with E-state index in [9.17, 15) is 4.79 Å². The van der Waals surface area contributed by atoms with Crippen LogP contribution in [0.15, 0.2) is 42.5 Å². The fourth-order valence-electron chi connectivity index (χ4n) is 1.44. The van der Waals surface area contributed by atoms with Gasteiger partial charge < -0.3 is 4.74 Å². The number of carbonyl (C=O) groups is 1. The number of ether oxygens (including phenoxy) is 1. The van der Waals surface area contributed by atoms with E-state index >= 15 is 0 Å². The molecule has 2 rings (SSSR count). The van der Waals surface area contributed by atoms with Gasteiger partial charge in [-0.25, -0.2) is 0 Å². The first-order valence-corrected chi connectivity index (χ1v) is 5.24. The van der Waals surface area contributed by atoms with Crippen LogP contribution in [0.5, 0.6) is 5.88 Å². The van der Waals surface area contributed by atoms with Crippen LogP contribution < -0.4 is 4.74 Å². The third-order valence-corrected chi connectivity index (χ3v) is 2.34. The molecule has 4 heteroatoms. The topological polar surface area (TPSA) is 52.1 Å². The van der Waals surface area contributed by atoms with E-state index in [1.807, 2.05) is 18.2 Å². The van der Waals surface area contributed by atoms with Gasteiger partial charge in [-0.2, -0.15) is 5.10 Å². The van der Waals surface area contributed by atoms with Crippen molar-refractivity contribution in [2.24, 2.45) is 0 Å². The number of ketones is 1. The van der Waals surface area contributed by atoms with Gasteiger partial charge in [-0.15, -0.1) is 5.10 Å². The molecule has 0 radical (unpaired) electrons. The minimum Gasteiger partial charge on any atom is -0.480 e. The van der Waals surface area contributed by atoms with Crippen molar-refractivity contribution in [1.82, 2.24) is 10.2 Å². The van der Waals surface area contributed by atoms with Gasteiger partial charge in [0.1, 0.15) is 0 Å². The second-order valence-corrected chi connectivity index (χ2v) is 3.53. The molecule has 0 N–H and O–H groups in total. The summed E-state index contributed by atoms with van der Waals surface area (Å²) in [6.07, 6.45) is 0.251. The number of hydrogen-bond donors (Lipinski definition) is 0. The van der Waals surface area contributed by atoms with E-state index in [0.717, 1.165) is 0 Å². The Hall–Kier alpha value is -2.23. The largest absolute Gasteiger partial charge is 0.480 e. The summed E-state index contributed by atoms with van der Waals surface area (Å²) < 4.78 is 4.90. The molecule has 0 aliphatic heterocycles. The molecular weight excluding hydrogens is 216 g/mol. The zero-order chi connectivity index (χ0) is 12.1. The average molecular weight is 228 g/mol. The SMILES string of the molecule is COc1ccc(CC(=O)c2ccccc2)nn1. The Balaban J connectivity index is 2.08. The van der Waals surface area contributed by atoms with Gasteiger partial charge in [-0.1, -0.05) is 30.3 Å². The zero-order valence-corrected chi connectivity index (χ0v) is 9.46. The van der Waals surface area contributed by atoms with Gasteiger partial charge in [-0.05, 0) is 6.07 Å². The van der Waals surface area contributed by atoms with Crippen LogP contribution in [0, 0.1) is 0 Å². The van der Waals surface area contributed by atoms with Crippen LogP contribution in [0.4, 0.5) is 0 Å². The highest BCUT2D eigenvalue weighted by molar-refractivity contribution is 5.97. The first kappa shape index (κ1) is 11.3. The van der Waals surface area contributed by atoms with Gasteiger partial charge in [0.15, 0.2) is 5.78 Å². The summed E-state index contributed by atoms with van der Waals surface area (Å²) in [5, 5.41) is 7.74. The standard InChI is InChI=1S/C13H12N2O2/c1-17-13-8-7-11(14-15-13)9-12(16)10-5-3-2-4-6-10/h2-8H,9H2,1H3. The summed E-state index contributed by atoms with van der Waals surface area (Å²) in [6.45, 7) is 0. The normalized spacial score (nSPS) is 9.94. The third kappa shape index (κ3) is 2.87. The minimum atomic E-state index is 0.0325. The fraction of sp³-hybridized carbons (Fsp3) is 0.154. The van der Waals surface area contributed by atoms with Gasteiger partial charge >= 0.3 is 0 Å². The highest BCUT2D eigenvalue weighted by atomic mass is 16.5. The smallest absolute Gasteiger partial charge is 0.233 e. The van der Waals surface area contributed by atoms with Crippen molar-refractivity contribution in [2.45, 2.75) is 6.42 Å². The number of hydrogen-bond acceptors (Lipinski definition) is 4. The quantitative estimate of drug-likeness (QED) is 0.750. The van der Waals surface area contributed by atoms with Gasteiger partial charge in [0, 0.05) is 11.6 Å². The summed E-state index contributed by atoms with van der Waals surface area (Å²) in [4.78, 5) is 11.9. The molecule has 0 aliphatic carbocycles. The minimum absolute atomic E-state index is 0.0325. The number of aromatic nitrogens is 2. The Kier molecular flexibility index (Phi) is 3.45. The van der Waals surface area contributed by atoms with E-state index in [1.54, 1.807) is 24.3 Å². The molecule has 0 spiro atoms. The van der Waals surface area contributed by atoms with Crippen LogP contribution >= 0.6 is 0 Å². The molecule has 1 aromatic carbocycles. The summed E-state index contributed by atoms with van der Waals surface area (Å²) >= 11 is 0. The number of nitrogens with zero attached hydrogens (tertiary/aromatic N) is 2. The molecule has 0 amide bonds. The van der Waals surface area contributed by atoms with Crippen LogP contribution in [-0.2, 0) is 6.42 Å². The Morgan fingerprint density at radius 3 is 2.47 bits per heavy atom. The molecule has 1 heterocycles. The monoisotopic (exact) mass is 228 g/mol. The Bertz CT molecular complexity index is 495. The van der Waals surface area contributed by atoms with Crippen molar-refractivity contribution < 1.29 is 9.53 Å². The number of benzene rings is 1. The van der Waals surface area contributed by atoms with E-state index in [0.29, 0.717) is 17.1 Å². The second-order valence-electron chi connectivity index (χ2n) is 3.53. The molecule has 2 aromatic rings. The summed E-state index contributed by atoms with van der Waals surface area (Å²) in [5.41, 5.74) is 1.32. The highest BCUT2D eigenvalue weighted by Crippen LogP contribution is 2.07. The lowest BCUT2D eigenvalue weighted by Gasteiger charge is -2.01. The van der Waals surface area contributed by atoms with Crippen LogP contribution in [0.1, 0.15) is 16.1 Å². The maximum Gasteiger partial charge on any atom is 0.233 e. The summed E-state index contributed by atoms with van der Waals surface area (Å²) in [6, 6.07) is 12.6. The third-order valence-electron chi connectivity index (χ3n) is 2.34.